The molecule has 1 N–H and O–H groups in total. The average Bonchev–Trinajstić information content (AvgIpc) is 2.74. The Hall–Kier alpha value is -1.87. The third kappa shape index (κ3) is 3.07. The fourth-order valence-corrected chi connectivity index (χ4v) is 1.09. The van der Waals surface area contributed by atoms with Crippen LogP contribution in [0.2, 0.25) is 0 Å². The van der Waals surface area contributed by atoms with E-state index in [2.05, 4.69) is 10.5 Å². The van der Waals surface area contributed by atoms with Crippen LogP contribution in [0.25, 0.3) is 0 Å². The maximum atomic E-state index is 11.6. The minimum Gasteiger partial charge on any atom is -0.377 e. The van der Waals surface area contributed by atoms with Crippen molar-refractivity contribution in [3.63, 3.8) is 0 Å². The van der Waals surface area contributed by atoms with Gasteiger partial charge in [0.15, 0.2) is 11.5 Å². The molecule has 0 aliphatic rings. The first-order valence-electron chi connectivity index (χ1n) is 4.86. The second-order valence-electron chi connectivity index (χ2n) is 3.17. The van der Waals surface area contributed by atoms with E-state index < -0.39 is 11.9 Å². The van der Waals surface area contributed by atoms with E-state index in [1.165, 1.54) is 13.2 Å². The number of methoxy groups -OCH3 is 1. The lowest BCUT2D eigenvalue weighted by atomic mass is 10.2. The Balaban J connectivity index is 2.62. The molecule has 0 spiro atoms. The number of carbonyl (C=O) groups is 1. The fourth-order valence-electron chi connectivity index (χ4n) is 1.09. The van der Waals surface area contributed by atoms with Crippen molar-refractivity contribution in [3.8, 4) is 6.07 Å². The Morgan fingerprint density at radius 3 is 3.12 bits per heavy atom. The first-order chi connectivity index (χ1) is 7.71. The number of rotatable bonds is 5. The molecule has 1 aromatic heterocycles. The number of nitriles is 1. The summed E-state index contributed by atoms with van der Waals surface area (Å²) in [6.07, 6.45) is 0.547. The molecule has 1 amide bonds. The molecule has 0 aliphatic carbocycles. The molecule has 16 heavy (non-hydrogen) atoms. The molecule has 0 radical (unpaired) electrons. The van der Waals surface area contributed by atoms with Crippen molar-refractivity contribution in [2.45, 2.75) is 26.0 Å². The minimum atomic E-state index is -0.505. The molecule has 6 nitrogen and oxygen atoms in total. The molecule has 6 heteroatoms. The van der Waals surface area contributed by atoms with Gasteiger partial charge in [-0.15, -0.1) is 0 Å². The van der Waals surface area contributed by atoms with Crippen LogP contribution >= 0.6 is 0 Å². The second-order valence-corrected chi connectivity index (χ2v) is 3.17. The highest BCUT2D eigenvalue weighted by molar-refractivity contribution is 5.92. The number of ether oxygens (including phenoxy) is 1. The van der Waals surface area contributed by atoms with Gasteiger partial charge >= 0.3 is 0 Å². The van der Waals surface area contributed by atoms with Crippen LogP contribution in [0.1, 0.15) is 29.6 Å². The summed E-state index contributed by atoms with van der Waals surface area (Å²) in [5.74, 6) is 0.0529. The summed E-state index contributed by atoms with van der Waals surface area (Å²) in [6.45, 7) is 2.07. The second kappa shape index (κ2) is 5.88. The molecule has 0 saturated heterocycles. The van der Waals surface area contributed by atoms with Crippen molar-refractivity contribution in [2.24, 2.45) is 0 Å². The Morgan fingerprint density at radius 1 is 1.81 bits per heavy atom. The average molecular weight is 223 g/mol. The van der Waals surface area contributed by atoms with Gasteiger partial charge in [0.05, 0.1) is 6.07 Å². The molecule has 1 aromatic rings. The lowest BCUT2D eigenvalue weighted by Crippen LogP contribution is -2.33. The van der Waals surface area contributed by atoms with Crippen LogP contribution in [-0.2, 0) is 11.3 Å². The van der Waals surface area contributed by atoms with Crippen molar-refractivity contribution in [3.05, 3.63) is 17.5 Å². The van der Waals surface area contributed by atoms with Gasteiger partial charge in [0.2, 0.25) is 0 Å². The van der Waals surface area contributed by atoms with Gasteiger partial charge < -0.3 is 14.6 Å². The molecule has 0 aliphatic heterocycles. The number of hydrogen-bond donors (Lipinski definition) is 1. The molecular weight excluding hydrogens is 210 g/mol. The molecule has 86 valence electrons. The zero-order valence-corrected chi connectivity index (χ0v) is 9.19. The molecule has 0 fully saturated rings. The monoisotopic (exact) mass is 223 g/mol. The van der Waals surface area contributed by atoms with Crippen LogP contribution in [0.5, 0.6) is 0 Å². The Morgan fingerprint density at radius 2 is 2.56 bits per heavy atom. The molecule has 1 rings (SSSR count). The van der Waals surface area contributed by atoms with E-state index in [4.69, 9.17) is 14.5 Å². The number of aromatic nitrogens is 1. The molecule has 0 saturated carbocycles. The van der Waals surface area contributed by atoms with Crippen molar-refractivity contribution in [2.75, 3.05) is 7.11 Å². The number of hydrogen-bond acceptors (Lipinski definition) is 5. The SMILES string of the molecule is CCC(C#N)NC(=O)c1cc(COC)on1. The van der Waals surface area contributed by atoms with E-state index in [0.717, 1.165) is 0 Å². The van der Waals surface area contributed by atoms with Gasteiger partial charge in [-0.3, -0.25) is 4.79 Å². The molecule has 0 aromatic carbocycles. The highest BCUT2D eigenvalue weighted by Crippen LogP contribution is 2.05. The van der Waals surface area contributed by atoms with Gasteiger partial charge in [0, 0.05) is 13.2 Å². The summed E-state index contributed by atoms with van der Waals surface area (Å²) in [4.78, 5) is 11.6. The predicted octanol–water partition coefficient (Wildman–Crippen LogP) is 0.853. The van der Waals surface area contributed by atoms with E-state index in [1.54, 1.807) is 0 Å². The zero-order chi connectivity index (χ0) is 12.0. The van der Waals surface area contributed by atoms with Crippen LogP contribution in [0.4, 0.5) is 0 Å². The summed E-state index contributed by atoms with van der Waals surface area (Å²) >= 11 is 0. The summed E-state index contributed by atoms with van der Waals surface area (Å²) in [7, 11) is 1.52. The number of amides is 1. The van der Waals surface area contributed by atoms with Gasteiger partial charge in [0.25, 0.3) is 5.91 Å². The van der Waals surface area contributed by atoms with Gasteiger partial charge in [0.1, 0.15) is 12.6 Å². The quantitative estimate of drug-likeness (QED) is 0.799. The van der Waals surface area contributed by atoms with Crippen molar-refractivity contribution < 1.29 is 14.1 Å². The van der Waals surface area contributed by atoms with Crippen molar-refractivity contribution in [1.82, 2.24) is 10.5 Å². The molecule has 1 unspecified atom stereocenters. The fraction of sp³-hybridized carbons (Fsp3) is 0.500. The zero-order valence-electron chi connectivity index (χ0n) is 9.19. The first kappa shape index (κ1) is 12.2. The van der Waals surface area contributed by atoms with Crippen LogP contribution < -0.4 is 5.32 Å². The Bertz CT molecular complexity index is 394. The van der Waals surface area contributed by atoms with Crippen LogP contribution in [0, 0.1) is 11.3 Å². The van der Waals surface area contributed by atoms with E-state index in [0.29, 0.717) is 12.2 Å². The van der Waals surface area contributed by atoms with Crippen LogP contribution in [0.15, 0.2) is 10.6 Å². The van der Waals surface area contributed by atoms with Gasteiger partial charge in [-0.05, 0) is 6.42 Å². The van der Waals surface area contributed by atoms with Gasteiger partial charge in [-0.25, -0.2) is 0 Å². The van der Waals surface area contributed by atoms with Crippen molar-refractivity contribution >= 4 is 5.91 Å². The van der Waals surface area contributed by atoms with E-state index >= 15 is 0 Å². The standard InChI is InChI=1S/C10H13N3O3/c1-3-7(5-11)12-10(14)9-4-8(6-15-2)16-13-9/h4,7H,3,6H2,1-2H3,(H,12,14). The predicted molar refractivity (Wildman–Crippen MR) is 54.4 cm³/mol. The highest BCUT2D eigenvalue weighted by Gasteiger charge is 2.15. The van der Waals surface area contributed by atoms with E-state index in [1.807, 2.05) is 13.0 Å². The van der Waals surface area contributed by atoms with Gasteiger partial charge in [-0.2, -0.15) is 5.26 Å². The number of nitrogens with one attached hydrogen (secondary N) is 1. The van der Waals surface area contributed by atoms with Crippen LogP contribution in [0.3, 0.4) is 0 Å². The maximum absolute atomic E-state index is 11.6. The Kier molecular flexibility index (Phi) is 4.48. The Labute approximate surface area is 93.2 Å². The largest absolute Gasteiger partial charge is 0.377 e. The lowest BCUT2D eigenvalue weighted by Gasteiger charge is -2.05. The normalized spacial score (nSPS) is 11.8. The third-order valence-corrected chi connectivity index (χ3v) is 1.95. The topological polar surface area (TPSA) is 88.2 Å². The molecular formula is C10H13N3O3. The number of nitrogens with zero attached hydrogens (tertiary/aromatic N) is 2. The van der Waals surface area contributed by atoms with Gasteiger partial charge in [-0.1, -0.05) is 12.1 Å². The molecule has 1 atom stereocenters. The maximum Gasteiger partial charge on any atom is 0.274 e. The summed E-state index contributed by atoms with van der Waals surface area (Å²) in [5, 5.41) is 14.8. The minimum absolute atomic E-state index is 0.153. The summed E-state index contributed by atoms with van der Waals surface area (Å²) in [5.41, 5.74) is 0.153. The van der Waals surface area contributed by atoms with Crippen LogP contribution in [-0.4, -0.2) is 24.2 Å². The third-order valence-electron chi connectivity index (χ3n) is 1.95. The highest BCUT2D eigenvalue weighted by atomic mass is 16.5. The first-order valence-corrected chi connectivity index (χ1v) is 4.86. The summed E-state index contributed by atoms with van der Waals surface area (Å²) in [6, 6.07) is 2.95. The van der Waals surface area contributed by atoms with Crippen molar-refractivity contribution in [1.29, 1.82) is 5.26 Å². The smallest absolute Gasteiger partial charge is 0.274 e. The molecule has 1 heterocycles. The van der Waals surface area contributed by atoms with E-state index in [-0.39, 0.29) is 12.3 Å². The lowest BCUT2D eigenvalue weighted by molar-refractivity contribution is 0.0934. The molecule has 0 bridgehead atoms. The van der Waals surface area contributed by atoms with E-state index in [9.17, 15) is 4.79 Å². The summed E-state index contributed by atoms with van der Waals surface area (Å²) < 4.78 is 9.68. The number of carbonyl (C=O) groups excluding carboxylic acids is 1.